The van der Waals surface area contributed by atoms with Crippen LogP contribution in [0.2, 0.25) is 0 Å². The van der Waals surface area contributed by atoms with E-state index < -0.39 is 0 Å². The van der Waals surface area contributed by atoms with E-state index in [-0.39, 0.29) is 12.5 Å². The van der Waals surface area contributed by atoms with Crippen LogP contribution < -0.4 is 5.32 Å². The number of aliphatic hydroxyl groups excluding tert-OH is 1. The molecule has 1 aromatic carbocycles. The normalized spacial score (nSPS) is 11.0. The van der Waals surface area contributed by atoms with E-state index in [2.05, 4.69) is 10.3 Å². The van der Waals surface area contributed by atoms with Crippen LogP contribution in [0.4, 0.5) is 0 Å². The quantitative estimate of drug-likeness (QED) is 0.682. The summed E-state index contributed by atoms with van der Waals surface area (Å²) >= 11 is 0. The molecule has 1 aromatic heterocycles. The van der Waals surface area contributed by atoms with Crippen molar-refractivity contribution in [3.05, 3.63) is 35.0 Å². The highest BCUT2D eigenvalue weighted by molar-refractivity contribution is 6.06. The van der Waals surface area contributed by atoms with Gasteiger partial charge in [-0.3, -0.25) is 4.79 Å². The number of benzene rings is 1. The third-order valence-electron chi connectivity index (χ3n) is 3.57. The first kappa shape index (κ1) is 15.5. The number of carbonyl (C=O) groups excluding carboxylic acids is 1. The van der Waals surface area contributed by atoms with Gasteiger partial charge in [-0.1, -0.05) is 12.1 Å². The van der Waals surface area contributed by atoms with E-state index in [1.165, 1.54) is 5.56 Å². The zero-order valence-electron chi connectivity index (χ0n) is 12.5. The maximum absolute atomic E-state index is 12.3. The fraction of sp³-hybridized carbons (Fsp3) is 0.438. The Morgan fingerprint density at radius 1 is 1.33 bits per heavy atom. The fourth-order valence-corrected chi connectivity index (χ4v) is 2.31. The lowest BCUT2D eigenvalue weighted by Gasteiger charge is -2.07. The molecule has 0 atom stereocenters. The summed E-state index contributed by atoms with van der Waals surface area (Å²) in [5, 5.41) is 12.6. The minimum absolute atomic E-state index is 0.0277. The molecular formula is C16H22N2O3. The molecule has 5 heteroatoms. The van der Waals surface area contributed by atoms with E-state index in [9.17, 15) is 4.79 Å². The van der Waals surface area contributed by atoms with Gasteiger partial charge in [-0.05, 0) is 31.9 Å². The molecule has 3 N–H and O–H groups in total. The van der Waals surface area contributed by atoms with Crippen molar-refractivity contribution >= 4 is 16.8 Å². The second-order valence-electron chi connectivity index (χ2n) is 5.05. The Morgan fingerprint density at radius 3 is 2.90 bits per heavy atom. The number of nitrogens with one attached hydrogen (secondary N) is 2. The van der Waals surface area contributed by atoms with E-state index in [1.807, 2.05) is 32.0 Å². The van der Waals surface area contributed by atoms with E-state index in [1.54, 1.807) is 0 Å². The summed E-state index contributed by atoms with van der Waals surface area (Å²) in [5.41, 5.74) is 3.82. The summed E-state index contributed by atoms with van der Waals surface area (Å²) in [6.07, 6.45) is 0.727. The minimum Gasteiger partial charge on any atom is -0.394 e. The van der Waals surface area contributed by atoms with Gasteiger partial charge in [0.15, 0.2) is 0 Å². The number of aryl methyl sites for hydroxylation is 2. The fourth-order valence-electron chi connectivity index (χ4n) is 2.31. The first-order valence-corrected chi connectivity index (χ1v) is 7.20. The third kappa shape index (κ3) is 3.62. The molecule has 1 heterocycles. The summed E-state index contributed by atoms with van der Waals surface area (Å²) in [7, 11) is 0. The molecular weight excluding hydrogens is 268 g/mol. The number of fused-ring (bicyclic) bond motifs is 1. The lowest BCUT2D eigenvalue weighted by atomic mass is 10.1. The van der Waals surface area contributed by atoms with Gasteiger partial charge in [0.2, 0.25) is 0 Å². The van der Waals surface area contributed by atoms with Gasteiger partial charge < -0.3 is 20.1 Å². The highest BCUT2D eigenvalue weighted by atomic mass is 16.5. The predicted molar refractivity (Wildman–Crippen MR) is 82.6 cm³/mol. The Balaban J connectivity index is 1.98. The number of carbonyl (C=O) groups is 1. The highest BCUT2D eigenvalue weighted by Gasteiger charge is 2.13. The van der Waals surface area contributed by atoms with E-state index in [4.69, 9.17) is 9.84 Å². The van der Waals surface area contributed by atoms with Crippen molar-refractivity contribution in [3.63, 3.8) is 0 Å². The Labute approximate surface area is 124 Å². The van der Waals surface area contributed by atoms with Crippen molar-refractivity contribution in [2.24, 2.45) is 0 Å². The Morgan fingerprint density at radius 2 is 2.14 bits per heavy atom. The number of aromatic amines is 1. The zero-order chi connectivity index (χ0) is 15.2. The SMILES string of the molecule is Cc1[nH]c2c(C(=O)NCCCOCCO)cccc2c1C. The second-order valence-corrected chi connectivity index (χ2v) is 5.05. The molecule has 0 unspecified atom stereocenters. The molecule has 0 saturated carbocycles. The van der Waals surface area contributed by atoms with Crippen LogP contribution in [0.3, 0.4) is 0 Å². The van der Waals surface area contributed by atoms with Gasteiger partial charge in [0.05, 0.1) is 24.3 Å². The average molecular weight is 290 g/mol. The lowest BCUT2D eigenvalue weighted by Crippen LogP contribution is -2.25. The van der Waals surface area contributed by atoms with Crippen LogP contribution in [-0.4, -0.2) is 42.4 Å². The standard InChI is InChI=1S/C16H22N2O3/c1-11-12(2)18-15-13(11)5-3-6-14(15)16(20)17-7-4-9-21-10-8-19/h3,5-6,18-19H,4,7-10H2,1-2H3,(H,17,20). The molecule has 0 aliphatic rings. The smallest absolute Gasteiger partial charge is 0.253 e. The molecule has 0 spiro atoms. The Bertz CT molecular complexity index is 619. The number of ether oxygens (including phenoxy) is 1. The Kier molecular flexibility index (Phi) is 5.36. The number of hydrogen-bond acceptors (Lipinski definition) is 3. The molecule has 114 valence electrons. The topological polar surface area (TPSA) is 74.4 Å². The van der Waals surface area contributed by atoms with Gasteiger partial charge in [-0.15, -0.1) is 0 Å². The van der Waals surface area contributed by atoms with Gasteiger partial charge in [0.1, 0.15) is 0 Å². The number of H-pyrrole nitrogens is 1. The molecule has 5 nitrogen and oxygen atoms in total. The summed E-state index contributed by atoms with van der Waals surface area (Å²) in [5.74, 6) is -0.0796. The monoisotopic (exact) mass is 290 g/mol. The number of hydrogen-bond donors (Lipinski definition) is 3. The number of aliphatic hydroxyl groups is 1. The van der Waals surface area contributed by atoms with Gasteiger partial charge in [0.25, 0.3) is 5.91 Å². The Hall–Kier alpha value is -1.85. The molecule has 1 amide bonds. The van der Waals surface area contributed by atoms with Crippen LogP contribution in [0.25, 0.3) is 10.9 Å². The summed E-state index contributed by atoms with van der Waals surface area (Å²) in [4.78, 5) is 15.5. The van der Waals surface area contributed by atoms with Crippen molar-refractivity contribution in [1.82, 2.24) is 10.3 Å². The van der Waals surface area contributed by atoms with Crippen LogP contribution in [-0.2, 0) is 4.74 Å². The molecule has 0 radical (unpaired) electrons. The van der Waals surface area contributed by atoms with Gasteiger partial charge in [-0.25, -0.2) is 0 Å². The van der Waals surface area contributed by atoms with Crippen LogP contribution >= 0.6 is 0 Å². The zero-order valence-corrected chi connectivity index (χ0v) is 12.5. The van der Waals surface area contributed by atoms with Crippen LogP contribution in [0.1, 0.15) is 28.0 Å². The van der Waals surface area contributed by atoms with Crippen LogP contribution in [0.15, 0.2) is 18.2 Å². The summed E-state index contributed by atoms with van der Waals surface area (Å²) in [6, 6.07) is 5.75. The highest BCUT2D eigenvalue weighted by Crippen LogP contribution is 2.24. The predicted octanol–water partition coefficient (Wildman–Crippen LogP) is 1.91. The maximum Gasteiger partial charge on any atom is 0.253 e. The van der Waals surface area contributed by atoms with E-state index in [0.29, 0.717) is 25.3 Å². The number of para-hydroxylation sites is 1. The molecule has 0 bridgehead atoms. The second kappa shape index (κ2) is 7.24. The van der Waals surface area contributed by atoms with Gasteiger partial charge in [-0.2, -0.15) is 0 Å². The third-order valence-corrected chi connectivity index (χ3v) is 3.57. The van der Waals surface area contributed by atoms with Crippen LogP contribution in [0.5, 0.6) is 0 Å². The average Bonchev–Trinajstić information content (AvgIpc) is 2.78. The lowest BCUT2D eigenvalue weighted by molar-refractivity contribution is 0.0868. The van der Waals surface area contributed by atoms with E-state index in [0.717, 1.165) is 23.0 Å². The molecule has 0 aliphatic carbocycles. The van der Waals surface area contributed by atoms with E-state index >= 15 is 0 Å². The van der Waals surface area contributed by atoms with Crippen molar-refractivity contribution in [1.29, 1.82) is 0 Å². The minimum atomic E-state index is -0.0796. The molecule has 2 aromatic rings. The van der Waals surface area contributed by atoms with Crippen molar-refractivity contribution in [2.75, 3.05) is 26.4 Å². The van der Waals surface area contributed by atoms with Crippen molar-refractivity contribution < 1.29 is 14.6 Å². The van der Waals surface area contributed by atoms with Gasteiger partial charge in [0, 0.05) is 24.2 Å². The molecule has 21 heavy (non-hydrogen) atoms. The maximum atomic E-state index is 12.3. The largest absolute Gasteiger partial charge is 0.394 e. The first-order chi connectivity index (χ1) is 10.1. The molecule has 0 aliphatic heterocycles. The molecule has 2 rings (SSSR count). The summed E-state index contributed by atoms with van der Waals surface area (Å²) < 4.78 is 5.15. The molecule has 0 fully saturated rings. The molecule has 0 saturated heterocycles. The van der Waals surface area contributed by atoms with Crippen molar-refractivity contribution in [3.8, 4) is 0 Å². The summed E-state index contributed by atoms with van der Waals surface area (Å²) in [6.45, 7) is 5.52. The van der Waals surface area contributed by atoms with Crippen molar-refractivity contribution in [2.45, 2.75) is 20.3 Å². The van der Waals surface area contributed by atoms with Gasteiger partial charge >= 0.3 is 0 Å². The number of amides is 1. The first-order valence-electron chi connectivity index (χ1n) is 7.20. The van der Waals surface area contributed by atoms with Crippen LogP contribution in [0, 0.1) is 13.8 Å². The number of rotatable bonds is 7. The number of aromatic nitrogens is 1.